The fourth-order valence-electron chi connectivity index (χ4n) is 2.26. The van der Waals surface area contributed by atoms with Crippen LogP contribution in [0.4, 0.5) is 10.1 Å². The van der Waals surface area contributed by atoms with E-state index >= 15 is 0 Å². The first kappa shape index (κ1) is 21.0. The maximum atomic E-state index is 12.9. The Morgan fingerprint density at radius 3 is 2.29 bits per heavy atom. The highest BCUT2D eigenvalue weighted by atomic mass is 19.1. The number of likely N-dealkylation sites (N-methyl/N-ethyl adjacent to an activating group) is 1. The molecular formula is C20H21FN2O5. The zero-order valence-corrected chi connectivity index (χ0v) is 15.6. The van der Waals surface area contributed by atoms with E-state index in [0.29, 0.717) is 17.9 Å². The molecule has 0 aliphatic carbocycles. The van der Waals surface area contributed by atoms with Crippen LogP contribution in [0.5, 0.6) is 0 Å². The summed E-state index contributed by atoms with van der Waals surface area (Å²) in [6.45, 7) is -0.295. The van der Waals surface area contributed by atoms with Gasteiger partial charge in [0.1, 0.15) is 5.82 Å². The number of halogens is 1. The molecule has 7 nitrogen and oxygen atoms in total. The summed E-state index contributed by atoms with van der Waals surface area (Å²) >= 11 is 0. The van der Waals surface area contributed by atoms with Crippen molar-refractivity contribution in [2.45, 2.75) is 6.61 Å². The number of ether oxygens (including phenoxy) is 2. The highest BCUT2D eigenvalue weighted by Gasteiger charge is 2.16. The van der Waals surface area contributed by atoms with Crippen LogP contribution in [-0.4, -0.2) is 50.0 Å². The molecule has 0 saturated heterocycles. The lowest BCUT2D eigenvalue weighted by Crippen LogP contribution is -2.37. The van der Waals surface area contributed by atoms with Crippen LogP contribution in [-0.2, 0) is 25.7 Å². The number of methoxy groups -OCH3 is 1. The Morgan fingerprint density at radius 2 is 1.68 bits per heavy atom. The third-order valence-electron chi connectivity index (χ3n) is 3.76. The Balaban J connectivity index is 1.78. The number of nitrogens with zero attached hydrogens (tertiary/aromatic N) is 1. The molecule has 0 heterocycles. The van der Waals surface area contributed by atoms with Crippen molar-refractivity contribution >= 4 is 23.5 Å². The topological polar surface area (TPSA) is 84.9 Å². The molecule has 0 atom stereocenters. The van der Waals surface area contributed by atoms with Crippen molar-refractivity contribution in [3.05, 3.63) is 65.5 Å². The molecule has 2 aromatic carbocycles. The summed E-state index contributed by atoms with van der Waals surface area (Å²) in [5, 5.41) is 2.54. The van der Waals surface area contributed by atoms with Gasteiger partial charge < -0.3 is 19.7 Å². The number of carbonyl (C=O) groups excluding carboxylic acids is 3. The second-order valence-corrected chi connectivity index (χ2v) is 6.01. The Kier molecular flexibility index (Phi) is 7.65. The third-order valence-corrected chi connectivity index (χ3v) is 3.76. The summed E-state index contributed by atoms with van der Waals surface area (Å²) in [4.78, 5) is 37.1. The number of amides is 2. The number of hydrogen-bond donors (Lipinski definition) is 1. The van der Waals surface area contributed by atoms with Crippen LogP contribution in [0.2, 0.25) is 0 Å². The Labute approximate surface area is 162 Å². The fraction of sp³-hybridized carbons (Fsp3) is 0.250. The van der Waals surface area contributed by atoms with Gasteiger partial charge in [-0.15, -0.1) is 0 Å². The summed E-state index contributed by atoms with van der Waals surface area (Å²) in [5.41, 5.74) is 1.63. The third kappa shape index (κ3) is 6.48. The smallest absolute Gasteiger partial charge is 0.338 e. The predicted octanol–water partition coefficient (Wildman–Crippen LogP) is 2.23. The van der Waals surface area contributed by atoms with E-state index in [-0.39, 0.29) is 6.54 Å². The molecule has 0 aliphatic heterocycles. The molecule has 0 bridgehead atoms. The molecule has 2 rings (SSSR count). The lowest BCUT2D eigenvalue weighted by atomic mass is 10.1. The summed E-state index contributed by atoms with van der Waals surface area (Å²) < 4.78 is 22.8. The van der Waals surface area contributed by atoms with Gasteiger partial charge in [-0.25, -0.2) is 9.18 Å². The lowest BCUT2D eigenvalue weighted by molar-refractivity contribution is -0.136. The number of carbonyl (C=O) groups is 3. The SMILES string of the molecule is COCc1ccc(C(=O)OCC(=O)N(C)CC(=O)Nc2ccc(F)cc2)cc1. The van der Waals surface area contributed by atoms with E-state index in [9.17, 15) is 18.8 Å². The molecule has 1 N–H and O–H groups in total. The first-order valence-electron chi connectivity index (χ1n) is 8.43. The van der Waals surface area contributed by atoms with Gasteiger partial charge in [-0.1, -0.05) is 12.1 Å². The second-order valence-electron chi connectivity index (χ2n) is 6.01. The lowest BCUT2D eigenvalue weighted by Gasteiger charge is -2.16. The Bertz CT molecular complexity index is 821. The van der Waals surface area contributed by atoms with Gasteiger partial charge in [-0.3, -0.25) is 9.59 Å². The van der Waals surface area contributed by atoms with Gasteiger partial charge in [0.15, 0.2) is 6.61 Å². The summed E-state index contributed by atoms with van der Waals surface area (Å²) in [5.74, 6) is -2.04. The molecule has 0 fully saturated rings. The number of hydrogen-bond acceptors (Lipinski definition) is 5. The number of benzene rings is 2. The van der Waals surface area contributed by atoms with Crippen LogP contribution in [0.1, 0.15) is 15.9 Å². The zero-order valence-electron chi connectivity index (χ0n) is 15.6. The number of anilines is 1. The van der Waals surface area contributed by atoms with E-state index in [0.717, 1.165) is 10.5 Å². The average molecular weight is 388 g/mol. The summed E-state index contributed by atoms with van der Waals surface area (Å²) in [6, 6.07) is 11.9. The average Bonchev–Trinajstić information content (AvgIpc) is 2.68. The van der Waals surface area contributed by atoms with Crippen LogP contribution >= 0.6 is 0 Å². The van der Waals surface area contributed by atoms with Gasteiger partial charge in [0.05, 0.1) is 18.7 Å². The van der Waals surface area contributed by atoms with Crippen molar-refractivity contribution in [2.75, 3.05) is 32.6 Å². The highest BCUT2D eigenvalue weighted by Crippen LogP contribution is 2.09. The molecule has 148 valence electrons. The molecule has 8 heteroatoms. The van der Waals surface area contributed by atoms with Crippen molar-refractivity contribution < 1.29 is 28.2 Å². The van der Waals surface area contributed by atoms with E-state index in [1.54, 1.807) is 31.4 Å². The molecule has 2 amide bonds. The van der Waals surface area contributed by atoms with Crippen LogP contribution in [0, 0.1) is 5.82 Å². The van der Waals surface area contributed by atoms with Crippen LogP contribution in [0.3, 0.4) is 0 Å². The second kappa shape index (κ2) is 10.2. The molecule has 28 heavy (non-hydrogen) atoms. The molecule has 0 unspecified atom stereocenters. The fourth-order valence-corrected chi connectivity index (χ4v) is 2.26. The van der Waals surface area contributed by atoms with Gasteiger partial charge in [-0.05, 0) is 42.0 Å². The van der Waals surface area contributed by atoms with Crippen molar-refractivity contribution in [2.24, 2.45) is 0 Å². The van der Waals surface area contributed by atoms with Gasteiger partial charge >= 0.3 is 5.97 Å². The Morgan fingerprint density at radius 1 is 1.04 bits per heavy atom. The number of esters is 1. The normalized spacial score (nSPS) is 10.2. The van der Waals surface area contributed by atoms with Crippen molar-refractivity contribution in [1.82, 2.24) is 4.90 Å². The molecule has 0 spiro atoms. The molecular weight excluding hydrogens is 367 g/mol. The number of rotatable bonds is 8. The first-order chi connectivity index (χ1) is 13.4. The van der Waals surface area contributed by atoms with E-state index in [1.165, 1.54) is 31.3 Å². The first-order valence-corrected chi connectivity index (χ1v) is 8.43. The molecule has 0 aromatic heterocycles. The van der Waals surface area contributed by atoms with Crippen molar-refractivity contribution in [3.8, 4) is 0 Å². The maximum Gasteiger partial charge on any atom is 0.338 e. The molecule has 0 aliphatic rings. The van der Waals surface area contributed by atoms with Crippen LogP contribution < -0.4 is 5.32 Å². The minimum Gasteiger partial charge on any atom is -0.452 e. The monoisotopic (exact) mass is 388 g/mol. The van der Waals surface area contributed by atoms with E-state index < -0.39 is 30.2 Å². The molecule has 2 aromatic rings. The largest absolute Gasteiger partial charge is 0.452 e. The Hall–Kier alpha value is -3.26. The van der Waals surface area contributed by atoms with E-state index in [2.05, 4.69) is 5.32 Å². The maximum absolute atomic E-state index is 12.9. The number of nitrogens with one attached hydrogen (secondary N) is 1. The molecule has 0 saturated carbocycles. The minimum atomic E-state index is -0.638. The van der Waals surface area contributed by atoms with Gasteiger partial charge in [0, 0.05) is 19.8 Å². The zero-order chi connectivity index (χ0) is 20.5. The predicted molar refractivity (Wildman–Crippen MR) is 100 cm³/mol. The van der Waals surface area contributed by atoms with Gasteiger partial charge in [0.2, 0.25) is 5.91 Å². The van der Waals surface area contributed by atoms with E-state index in [1.807, 2.05) is 0 Å². The van der Waals surface area contributed by atoms with Gasteiger partial charge in [-0.2, -0.15) is 0 Å². The van der Waals surface area contributed by atoms with Crippen molar-refractivity contribution in [1.29, 1.82) is 0 Å². The van der Waals surface area contributed by atoms with E-state index in [4.69, 9.17) is 9.47 Å². The summed E-state index contributed by atoms with van der Waals surface area (Å²) in [7, 11) is 2.99. The van der Waals surface area contributed by atoms with Crippen LogP contribution in [0.25, 0.3) is 0 Å². The van der Waals surface area contributed by atoms with Crippen molar-refractivity contribution in [3.63, 3.8) is 0 Å². The van der Waals surface area contributed by atoms with Crippen LogP contribution in [0.15, 0.2) is 48.5 Å². The standard InChI is InChI=1S/C20H21FN2O5/c1-23(11-18(24)22-17-9-7-16(21)8-10-17)19(25)13-28-20(26)15-5-3-14(4-6-15)12-27-2/h3-10H,11-13H2,1-2H3,(H,22,24). The summed E-state index contributed by atoms with van der Waals surface area (Å²) in [6.07, 6.45) is 0. The quantitative estimate of drug-likeness (QED) is 0.701. The minimum absolute atomic E-state index is 0.237. The molecule has 0 radical (unpaired) electrons. The van der Waals surface area contributed by atoms with Gasteiger partial charge in [0.25, 0.3) is 5.91 Å². The highest BCUT2D eigenvalue weighted by molar-refractivity contribution is 5.95.